The van der Waals surface area contributed by atoms with Crippen LogP contribution in [-0.4, -0.2) is 20.3 Å². The number of hydrogen-bond acceptors (Lipinski definition) is 2. The zero-order chi connectivity index (χ0) is 14.8. The summed E-state index contributed by atoms with van der Waals surface area (Å²) >= 11 is 0. The van der Waals surface area contributed by atoms with Crippen molar-refractivity contribution in [1.82, 2.24) is 9.55 Å². The minimum Gasteiger partial charge on any atom is -0.390 e. The monoisotopic (exact) mass is 274 g/mol. The average Bonchev–Trinajstić information content (AvgIpc) is 2.65. The third-order valence-corrected chi connectivity index (χ3v) is 3.57. The van der Waals surface area contributed by atoms with Gasteiger partial charge in [0, 0.05) is 13.0 Å². The molecule has 0 saturated heterocycles. The number of benzene rings is 1. The van der Waals surface area contributed by atoms with E-state index in [2.05, 4.69) is 31.4 Å². The number of hydrogen-bond donors (Lipinski definition) is 1. The molecule has 3 nitrogen and oxygen atoms in total. The lowest BCUT2D eigenvalue weighted by Gasteiger charge is -2.25. The van der Waals surface area contributed by atoms with Gasteiger partial charge in [0.15, 0.2) is 0 Å². The Kier molecular flexibility index (Phi) is 4.48. The van der Waals surface area contributed by atoms with Crippen LogP contribution in [0.4, 0.5) is 0 Å². The van der Waals surface area contributed by atoms with Gasteiger partial charge in [0.25, 0.3) is 0 Å². The maximum absolute atomic E-state index is 10.6. The molecule has 1 N–H and O–H groups in total. The molecule has 1 atom stereocenters. The van der Waals surface area contributed by atoms with Gasteiger partial charge >= 0.3 is 0 Å². The van der Waals surface area contributed by atoms with Crippen molar-refractivity contribution in [2.45, 2.75) is 59.1 Å². The smallest absolute Gasteiger partial charge is 0.112 e. The third-order valence-electron chi connectivity index (χ3n) is 3.57. The van der Waals surface area contributed by atoms with Crippen LogP contribution in [0, 0.1) is 5.92 Å². The lowest BCUT2D eigenvalue weighted by atomic mass is 9.91. The van der Waals surface area contributed by atoms with E-state index in [1.165, 1.54) is 5.52 Å². The van der Waals surface area contributed by atoms with Crippen molar-refractivity contribution in [2.75, 3.05) is 0 Å². The topological polar surface area (TPSA) is 38.0 Å². The van der Waals surface area contributed by atoms with Crippen LogP contribution in [0.15, 0.2) is 24.3 Å². The molecule has 2 rings (SSSR count). The van der Waals surface area contributed by atoms with Crippen LogP contribution >= 0.6 is 0 Å². The molecule has 0 aliphatic heterocycles. The standard InChI is InChI=1S/C17H26N2O/c1-5-10-19-15-9-7-6-8-14(15)18-16(19)12-17(4,20)11-13(2)3/h6-9,13,20H,5,10-12H2,1-4H3. The summed E-state index contributed by atoms with van der Waals surface area (Å²) in [6, 6.07) is 8.22. The van der Waals surface area contributed by atoms with Gasteiger partial charge in [0.05, 0.1) is 16.6 Å². The summed E-state index contributed by atoms with van der Waals surface area (Å²) in [7, 11) is 0. The fourth-order valence-electron chi connectivity index (χ4n) is 3.03. The molecule has 0 aliphatic carbocycles. The second kappa shape index (κ2) is 5.96. The summed E-state index contributed by atoms with van der Waals surface area (Å²) in [5, 5.41) is 10.6. The van der Waals surface area contributed by atoms with Crippen molar-refractivity contribution < 1.29 is 5.11 Å². The Labute approximate surface area is 121 Å². The molecule has 0 spiro atoms. The highest BCUT2D eigenvalue weighted by molar-refractivity contribution is 5.75. The van der Waals surface area contributed by atoms with Crippen molar-refractivity contribution in [1.29, 1.82) is 0 Å². The molecule has 110 valence electrons. The molecular formula is C17H26N2O. The maximum Gasteiger partial charge on any atom is 0.112 e. The predicted octanol–water partition coefficient (Wildman–Crippen LogP) is 3.79. The van der Waals surface area contributed by atoms with Gasteiger partial charge in [-0.2, -0.15) is 0 Å². The second-order valence-corrected chi connectivity index (χ2v) is 6.44. The highest BCUT2D eigenvalue weighted by Gasteiger charge is 2.25. The van der Waals surface area contributed by atoms with Gasteiger partial charge in [-0.25, -0.2) is 4.98 Å². The number of nitrogens with zero attached hydrogens (tertiary/aromatic N) is 2. The summed E-state index contributed by atoms with van der Waals surface area (Å²) in [5.41, 5.74) is 1.50. The Morgan fingerprint density at radius 3 is 2.65 bits per heavy atom. The first kappa shape index (κ1) is 15.0. The number of para-hydroxylation sites is 2. The van der Waals surface area contributed by atoms with Gasteiger partial charge in [-0.1, -0.05) is 32.9 Å². The maximum atomic E-state index is 10.6. The molecule has 2 aromatic rings. The third kappa shape index (κ3) is 3.40. The fourth-order valence-corrected chi connectivity index (χ4v) is 3.03. The van der Waals surface area contributed by atoms with E-state index in [1.807, 2.05) is 25.1 Å². The van der Waals surface area contributed by atoms with Crippen LogP contribution in [0.25, 0.3) is 11.0 Å². The molecule has 1 aromatic carbocycles. The minimum absolute atomic E-state index is 0.481. The highest BCUT2D eigenvalue weighted by atomic mass is 16.3. The van der Waals surface area contributed by atoms with E-state index in [0.717, 1.165) is 30.7 Å². The Bertz CT molecular complexity index is 569. The molecule has 3 heteroatoms. The minimum atomic E-state index is -0.693. The van der Waals surface area contributed by atoms with Gasteiger partial charge < -0.3 is 9.67 Å². The van der Waals surface area contributed by atoms with Crippen LogP contribution in [0.2, 0.25) is 0 Å². The number of aromatic nitrogens is 2. The molecule has 0 amide bonds. The van der Waals surface area contributed by atoms with E-state index in [9.17, 15) is 5.11 Å². The summed E-state index contributed by atoms with van der Waals surface area (Å²) < 4.78 is 2.25. The zero-order valence-electron chi connectivity index (χ0n) is 13.1. The van der Waals surface area contributed by atoms with Gasteiger partial charge in [-0.3, -0.25) is 0 Å². The van der Waals surface area contributed by atoms with E-state index < -0.39 is 5.60 Å². The molecule has 1 unspecified atom stereocenters. The Morgan fingerprint density at radius 1 is 1.30 bits per heavy atom. The lowest BCUT2D eigenvalue weighted by molar-refractivity contribution is 0.0362. The lowest BCUT2D eigenvalue weighted by Crippen LogP contribution is -2.30. The van der Waals surface area contributed by atoms with Crippen molar-refractivity contribution in [3.05, 3.63) is 30.1 Å². The first-order valence-corrected chi connectivity index (χ1v) is 7.59. The first-order valence-electron chi connectivity index (χ1n) is 7.59. The van der Waals surface area contributed by atoms with Crippen LogP contribution in [0.3, 0.4) is 0 Å². The van der Waals surface area contributed by atoms with Gasteiger partial charge in [-0.05, 0) is 37.8 Å². The molecule has 0 radical (unpaired) electrons. The van der Waals surface area contributed by atoms with Crippen LogP contribution in [0.5, 0.6) is 0 Å². The van der Waals surface area contributed by atoms with Crippen LogP contribution in [0.1, 0.15) is 46.4 Å². The molecule has 0 fully saturated rings. The number of fused-ring (bicyclic) bond motifs is 1. The second-order valence-electron chi connectivity index (χ2n) is 6.44. The van der Waals surface area contributed by atoms with E-state index in [-0.39, 0.29) is 0 Å². The van der Waals surface area contributed by atoms with Crippen molar-refractivity contribution in [3.63, 3.8) is 0 Å². The molecule has 1 heterocycles. The zero-order valence-corrected chi connectivity index (χ0v) is 13.1. The summed E-state index contributed by atoms with van der Waals surface area (Å²) in [6.45, 7) is 9.33. The van der Waals surface area contributed by atoms with Crippen molar-refractivity contribution in [3.8, 4) is 0 Å². The number of rotatable bonds is 6. The fraction of sp³-hybridized carbons (Fsp3) is 0.588. The van der Waals surface area contributed by atoms with Gasteiger partial charge in [0.1, 0.15) is 5.82 Å². The van der Waals surface area contributed by atoms with Gasteiger partial charge in [0.2, 0.25) is 0 Å². The largest absolute Gasteiger partial charge is 0.390 e. The predicted molar refractivity (Wildman–Crippen MR) is 83.8 cm³/mol. The van der Waals surface area contributed by atoms with E-state index in [1.54, 1.807) is 0 Å². The Morgan fingerprint density at radius 2 is 2.00 bits per heavy atom. The molecular weight excluding hydrogens is 248 g/mol. The summed E-state index contributed by atoms with van der Waals surface area (Å²) in [6.07, 6.45) is 2.47. The number of imidazole rings is 1. The van der Waals surface area contributed by atoms with E-state index in [4.69, 9.17) is 4.98 Å². The number of aryl methyl sites for hydroxylation is 1. The quantitative estimate of drug-likeness (QED) is 0.870. The molecule has 1 aromatic heterocycles. The molecule has 20 heavy (non-hydrogen) atoms. The first-order chi connectivity index (χ1) is 9.43. The van der Waals surface area contributed by atoms with Crippen LogP contribution in [-0.2, 0) is 13.0 Å². The SMILES string of the molecule is CCCn1c(CC(C)(O)CC(C)C)nc2ccccc21. The van der Waals surface area contributed by atoms with Gasteiger partial charge in [-0.15, -0.1) is 0 Å². The van der Waals surface area contributed by atoms with E-state index in [0.29, 0.717) is 12.3 Å². The molecule has 0 aliphatic rings. The van der Waals surface area contributed by atoms with Crippen LogP contribution < -0.4 is 0 Å². The summed E-state index contributed by atoms with van der Waals surface area (Å²) in [5.74, 6) is 1.48. The van der Waals surface area contributed by atoms with Crippen molar-refractivity contribution in [2.24, 2.45) is 5.92 Å². The van der Waals surface area contributed by atoms with E-state index >= 15 is 0 Å². The Hall–Kier alpha value is -1.35. The molecule has 0 saturated carbocycles. The molecule has 0 bridgehead atoms. The number of aliphatic hydroxyl groups is 1. The average molecular weight is 274 g/mol. The normalized spacial score (nSPS) is 14.9. The van der Waals surface area contributed by atoms with Crippen molar-refractivity contribution >= 4 is 11.0 Å². The summed E-state index contributed by atoms with van der Waals surface area (Å²) in [4.78, 5) is 4.73. The highest BCUT2D eigenvalue weighted by Crippen LogP contribution is 2.24. The Balaban J connectivity index is 2.35.